The second-order valence-electron chi connectivity index (χ2n) is 10.3. The maximum absolute atomic E-state index is 12.6. The summed E-state index contributed by atoms with van der Waals surface area (Å²) >= 11 is 0. The molecule has 0 aromatic rings. The molecule has 5 atom stereocenters. The largest absolute Gasteiger partial charge is 0.460 e. The molecule has 0 spiro atoms. The molecule has 1 rings (SSSR count). The standard InChI is InChI=1S/C17H31BN4O6.C11H20N2O4.ClH/c1-4-6-12(15(24)17(26)20-10-14(23)28-9-5-2)21-16(25)13-11-22(18(3)27)8-7-19-13;1-3-5-8(12)10(15)11(16)13-7-9(14)17-6-4-2;/h5,12-13,15,19,24,27H,2,4,6-11H2,1,3H3,(H,20,26)(H,21,25);4,8,10,15H,2-3,5-7,12H2,1H3,(H,13,16);1H. The highest BCUT2D eigenvalue weighted by Gasteiger charge is 2.33. The fraction of sp³-hybridized carbons (Fsp3) is 0.679. The molecule has 1 aliphatic heterocycles. The number of aliphatic hydroxyl groups is 2. The zero-order chi connectivity index (χ0) is 34.4. The number of nitrogens with one attached hydrogen (secondary N) is 4. The molecule has 3 amide bonds. The Bertz CT molecular complexity index is 964. The van der Waals surface area contributed by atoms with Crippen molar-refractivity contribution < 1.29 is 48.7 Å². The molecule has 0 radical (unpaired) electrons. The number of hydrogen-bond donors (Lipinski definition) is 8. The van der Waals surface area contributed by atoms with Gasteiger partial charge in [-0.25, -0.2) is 0 Å². The summed E-state index contributed by atoms with van der Waals surface area (Å²) in [5, 5.41) is 39.8. The number of amides is 3. The zero-order valence-electron chi connectivity index (χ0n) is 26.9. The Morgan fingerprint density at radius 2 is 1.48 bits per heavy atom. The number of rotatable bonds is 19. The summed E-state index contributed by atoms with van der Waals surface area (Å²) < 4.78 is 9.39. The number of carbonyl (C=O) groups excluding carboxylic acids is 5. The fourth-order valence-electron chi connectivity index (χ4n) is 3.99. The Labute approximate surface area is 277 Å². The van der Waals surface area contributed by atoms with E-state index in [9.17, 15) is 39.2 Å². The molecule has 5 unspecified atom stereocenters. The van der Waals surface area contributed by atoms with E-state index in [0.29, 0.717) is 38.9 Å². The lowest BCUT2D eigenvalue weighted by Crippen LogP contribution is -2.62. The van der Waals surface area contributed by atoms with Crippen molar-refractivity contribution in [2.75, 3.05) is 45.9 Å². The summed E-state index contributed by atoms with van der Waals surface area (Å²) in [7, 11) is -0.666. The molecule has 264 valence electrons. The van der Waals surface area contributed by atoms with E-state index in [1.165, 1.54) is 12.2 Å². The Kier molecular flexibility index (Phi) is 25.5. The second kappa shape index (κ2) is 26.1. The second-order valence-corrected chi connectivity index (χ2v) is 10.3. The molecule has 1 aliphatic rings. The summed E-state index contributed by atoms with van der Waals surface area (Å²) in [6, 6.07) is -1.98. The summed E-state index contributed by atoms with van der Waals surface area (Å²) in [5.74, 6) is -3.03. The van der Waals surface area contributed by atoms with Crippen LogP contribution in [0.25, 0.3) is 0 Å². The van der Waals surface area contributed by atoms with E-state index in [1.54, 1.807) is 11.6 Å². The fourth-order valence-corrected chi connectivity index (χ4v) is 3.99. The van der Waals surface area contributed by atoms with Gasteiger partial charge in [-0.2, -0.15) is 0 Å². The predicted molar refractivity (Wildman–Crippen MR) is 175 cm³/mol. The van der Waals surface area contributed by atoms with Gasteiger partial charge in [0.05, 0.1) is 12.1 Å². The van der Waals surface area contributed by atoms with E-state index in [4.69, 9.17) is 10.5 Å². The maximum atomic E-state index is 12.6. The summed E-state index contributed by atoms with van der Waals surface area (Å²) in [6.45, 7) is 13.1. The SMILES string of the molecule is C=CCOC(=O)CNC(=O)C(O)C(CCC)NC(=O)C1CN(B(C)O)CCN1.C=CCOC(=O)CNC(=O)C(O)C(N)CCC.Cl. The van der Waals surface area contributed by atoms with Crippen molar-refractivity contribution in [2.45, 2.75) is 76.7 Å². The van der Waals surface area contributed by atoms with Gasteiger partial charge in [-0.15, -0.1) is 12.4 Å². The summed E-state index contributed by atoms with van der Waals surface area (Å²) in [6.07, 6.45) is 2.34. The first kappa shape index (κ1) is 45.1. The van der Waals surface area contributed by atoms with Crippen molar-refractivity contribution in [1.29, 1.82) is 0 Å². The Morgan fingerprint density at radius 1 is 0.978 bits per heavy atom. The molecule has 16 nitrogen and oxygen atoms in total. The molecule has 0 aliphatic carbocycles. The molecule has 0 aromatic carbocycles. The molecule has 46 heavy (non-hydrogen) atoms. The molecule has 1 heterocycles. The maximum Gasteiger partial charge on any atom is 0.376 e. The Morgan fingerprint density at radius 3 is 1.93 bits per heavy atom. The highest BCUT2D eigenvalue weighted by molar-refractivity contribution is 6.45. The molecular formula is C28H52BClN6O10. The first-order chi connectivity index (χ1) is 21.3. The topological polar surface area (TPSA) is 242 Å². The molecule has 0 bridgehead atoms. The number of ether oxygens (including phenoxy) is 2. The monoisotopic (exact) mass is 678 g/mol. The molecule has 0 aromatic heterocycles. The third-order valence-electron chi connectivity index (χ3n) is 6.46. The van der Waals surface area contributed by atoms with Crippen LogP contribution in [0.15, 0.2) is 25.3 Å². The number of aliphatic hydroxyl groups excluding tert-OH is 2. The smallest absolute Gasteiger partial charge is 0.376 e. The van der Waals surface area contributed by atoms with Gasteiger partial charge >= 0.3 is 19.0 Å². The zero-order valence-corrected chi connectivity index (χ0v) is 27.8. The van der Waals surface area contributed by atoms with E-state index < -0.39 is 61.1 Å². The van der Waals surface area contributed by atoms with Crippen LogP contribution in [0.4, 0.5) is 0 Å². The van der Waals surface area contributed by atoms with Crippen LogP contribution in [0.2, 0.25) is 6.82 Å². The number of carbonyl (C=O) groups is 5. The van der Waals surface area contributed by atoms with Gasteiger partial charge < -0.3 is 56.5 Å². The van der Waals surface area contributed by atoms with Crippen LogP contribution in [0.3, 0.4) is 0 Å². The van der Waals surface area contributed by atoms with Crippen LogP contribution in [0.1, 0.15) is 39.5 Å². The minimum Gasteiger partial charge on any atom is -0.460 e. The van der Waals surface area contributed by atoms with Crippen LogP contribution in [0, 0.1) is 0 Å². The van der Waals surface area contributed by atoms with Crippen LogP contribution in [0.5, 0.6) is 0 Å². The van der Waals surface area contributed by atoms with E-state index in [0.717, 1.165) is 6.42 Å². The third-order valence-corrected chi connectivity index (χ3v) is 6.46. The van der Waals surface area contributed by atoms with Gasteiger partial charge in [0.15, 0.2) is 6.10 Å². The minimum absolute atomic E-state index is 0. The average Bonchev–Trinajstić information content (AvgIpc) is 3.03. The van der Waals surface area contributed by atoms with Gasteiger partial charge in [0.2, 0.25) is 5.91 Å². The van der Waals surface area contributed by atoms with E-state index in [2.05, 4.69) is 39.2 Å². The third kappa shape index (κ3) is 18.8. The van der Waals surface area contributed by atoms with Gasteiger partial charge in [0.1, 0.15) is 32.4 Å². The number of nitrogens with zero attached hydrogens (tertiary/aromatic N) is 1. The summed E-state index contributed by atoms with van der Waals surface area (Å²) in [4.78, 5) is 60.3. The molecule has 18 heteroatoms. The number of esters is 2. The van der Waals surface area contributed by atoms with Crippen LogP contribution in [-0.4, -0.2) is 133 Å². The Hall–Kier alpha value is -3.06. The van der Waals surface area contributed by atoms with Crippen LogP contribution in [-0.2, 0) is 33.4 Å². The first-order valence-corrected chi connectivity index (χ1v) is 15.0. The molecule has 1 saturated heterocycles. The van der Waals surface area contributed by atoms with Crippen molar-refractivity contribution in [3.8, 4) is 0 Å². The average molecular weight is 679 g/mol. The lowest BCUT2D eigenvalue weighted by atomic mass is 9.83. The number of halogens is 1. The van der Waals surface area contributed by atoms with Crippen molar-refractivity contribution in [1.82, 2.24) is 26.1 Å². The lowest BCUT2D eigenvalue weighted by Gasteiger charge is -2.34. The van der Waals surface area contributed by atoms with Crippen molar-refractivity contribution in [3.05, 3.63) is 25.3 Å². The van der Waals surface area contributed by atoms with Crippen LogP contribution < -0.4 is 27.0 Å². The first-order valence-electron chi connectivity index (χ1n) is 15.0. The molecule has 9 N–H and O–H groups in total. The van der Waals surface area contributed by atoms with E-state index >= 15 is 0 Å². The summed E-state index contributed by atoms with van der Waals surface area (Å²) in [5.41, 5.74) is 5.57. The van der Waals surface area contributed by atoms with Crippen molar-refractivity contribution in [2.24, 2.45) is 5.73 Å². The highest BCUT2D eigenvalue weighted by atomic mass is 35.5. The van der Waals surface area contributed by atoms with Gasteiger partial charge in [-0.05, 0) is 19.7 Å². The predicted octanol–water partition coefficient (Wildman–Crippen LogP) is -2.40. The van der Waals surface area contributed by atoms with Crippen molar-refractivity contribution in [3.63, 3.8) is 0 Å². The minimum atomic E-state index is -1.51. The van der Waals surface area contributed by atoms with Crippen LogP contribution >= 0.6 is 12.4 Å². The van der Waals surface area contributed by atoms with Gasteiger partial charge in [0, 0.05) is 25.7 Å². The molecule has 1 fully saturated rings. The van der Waals surface area contributed by atoms with E-state index in [1.807, 2.05) is 13.8 Å². The quantitative estimate of drug-likeness (QED) is 0.0404. The lowest BCUT2D eigenvalue weighted by molar-refractivity contribution is -0.144. The van der Waals surface area contributed by atoms with Gasteiger partial charge in [-0.3, -0.25) is 24.0 Å². The number of nitrogens with two attached hydrogens (primary N) is 1. The van der Waals surface area contributed by atoms with Gasteiger partial charge in [0.25, 0.3) is 11.8 Å². The number of hydrogen-bond acceptors (Lipinski definition) is 13. The number of piperazine rings is 1. The normalized spacial score (nSPS) is 16.7. The Balaban J connectivity index is 0. The van der Waals surface area contributed by atoms with Gasteiger partial charge in [-0.1, -0.05) is 52.0 Å². The van der Waals surface area contributed by atoms with Crippen molar-refractivity contribution >= 4 is 49.1 Å². The highest BCUT2D eigenvalue weighted by Crippen LogP contribution is 2.07. The van der Waals surface area contributed by atoms with E-state index in [-0.39, 0.29) is 44.6 Å². The molecule has 0 saturated carbocycles. The molecular weight excluding hydrogens is 627 g/mol.